The number of rotatable bonds is 3. The fourth-order valence-electron chi connectivity index (χ4n) is 2.12. The number of benzene rings is 1. The molecule has 1 unspecified atom stereocenters. The highest BCUT2D eigenvalue weighted by Crippen LogP contribution is 2.44. The molecule has 1 aliphatic rings. The molecule has 100 valence electrons. The molecule has 2 heterocycles. The molecule has 0 fully saturated rings. The minimum Gasteiger partial charge on any atom is -0.493 e. The maximum absolute atomic E-state index is 10.5. The first-order chi connectivity index (χ1) is 9.20. The number of hydrogen-bond acceptors (Lipinski definition) is 5. The number of thiophene rings is 1. The van der Waals surface area contributed by atoms with Gasteiger partial charge >= 0.3 is 0 Å². The topological polar surface area (TPSA) is 47.9 Å². The molecule has 0 spiro atoms. The molecule has 0 saturated carbocycles. The summed E-state index contributed by atoms with van der Waals surface area (Å²) in [4.78, 5) is 0.931. The van der Waals surface area contributed by atoms with E-state index in [9.17, 15) is 5.11 Å². The van der Waals surface area contributed by atoms with E-state index >= 15 is 0 Å². The van der Waals surface area contributed by atoms with Crippen LogP contribution in [0.15, 0.2) is 23.6 Å². The molecule has 1 aliphatic heterocycles. The molecule has 1 N–H and O–H groups in total. The highest BCUT2D eigenvalue weighted by Gasteiger charge is 2.24. The predicted octanol–water partition coefficient (Wildman–Crippen LogP) is 2.88. The van der Waals surface area contributed by atoms with E-state index in [2.05, 4.69) is 0 Å². The quantitative estimate of drug-likeness (QED) is 0.938. The molecule has 1 aromatic heterocycles. The SMILES string of the molecule is COc1cc(C(O)c2sccc2C)cc2c1OCO2. The molecule has 4 nitrogen and oxygen atoms in total. The molecular weight excluding hydrogens is 264 g/mol. The van der Waals surface area contributed by atoms with Crippen molar-refractivity contribution >= 4 is 11.3 Å². The van der Waals surface area contributed by atoms with Gasteiger partial charge in [0.1, 0.15) is 6.10 Å². The zero-order valence-corrected chi connectivity index (χ0v) is 11.5. The normalized spacial score (nSPS) is 14.5. The van der Waals surface area contributed by atoms with Crippen molar-refractivity contribution in [2.75, 3.05) is 13.9 Å². The summed E-state index contributed by atoms with van der Waals surface area (Å²) in [6.45, 7) is 2.17. The molecule has 3 rings (SSSR count). The van der Waals surface area contributed by atoms with Gasteiger partial charge in [-0.05, 0) is 41.6 Å². The van der Waals surface area contributed by atoms with Gasteiger partial charge in [-0.1, -0.05) is 0 Å². The van der Waals surface area contributed by atoms with Gasteiger partial charge in [-0.3, -0.25) is 0 Å². The van der Waals surface area contributed by atoms with Gasteiger partial charge in [0.15, 0.2) is 11.5 Å². The van der Waals surface area contributed by atoms with Gasteiger partial charge in [-0.2, -0.15) is 0 Å². The average molecular weight is 278 g/mol. The van der Waals surface area contributed by atoms with Crippen LogP contribution in [0, 0.1) is 6.92 Å². The summed E-state index contributed by atoms with van der Waals surface area (Å²) in [6.07, 6.45) is -0.677. The fraction of sp³-hybridized carbons (Fsp3) is 0.286. The number of fused-ring (bicyclic) bond motifs is 1. The van der Waals surface area contributed by atoms with E-state index in [1.807, 2.05) is 18.4 Å². The monoisotopic (exact) mass is 278 g/mol. The van der Waals surface area contributed by atoms with Crippen molar-refractivity contribution < 1.29 is 19.3 Å². The van der Waals surface area contributed by atoms with Gasteiger partial charge in [0.2, 0.25) is 12.5 Å². The molecule has 0 amide bonds. The molecule has 0 aliphatic carbocycles. The highest BCUT2D eigenvalue weighted by molar-refractivity contribution is 7.10. The van der Waals surface area contributed by atoms with Crippen LogP contribution >= 0.6 is 11.3 Å². The summed E-state index contributed by atoms with van der Waals surface area (Å²) in [5.41, 5.74) is 1.82. The van der Waals surface area contributed by atoms with Crippen molar-refractivity contribution in [3.63, 3.8) is 0 Å². The zero-order valence-electron chi connectivity index (χ0n) is 10.7. The Morgan fingerprint density at radius 2 is 2.21 bits per heavy atom. The Morgan fingerprint density at radius 3 is 2.89 bits per heavy atom. The number of aliphatic hydroxyl groups is 1. The third-order valence-electron chi connectivity index (χ3n) is 3.15. The van der Waals surface area contributed by atoms with Crippen LogP contribution in [0.5, 0.6) is 17.2 Å². The van der Waals surface area contributed by atoms with Crippen LogP contribution in [0.4, 0.5) is 0 Å². The standard InChI is InChI=1S/C14H14O4S/c1-8-3-4-19-14(8)12(15)9-5-10(16-2)13-11(6-9)17-7-18-13/h3-6,12,15H,7H2,1-2H3. The Hall–Kier alpha value is -1.72. The second-order valence-corrected chi connectivity index (χ2v) is 5.28. The third-order valence-corrected chi connectivity index (χ3v) is 4.22. The Labute approximate surface area is 115 Å². The van der Waals surface area contributed by atoms with Crippen LogP contribution in [0.2, 0.25) is 0 Å². The fourth-order valence-corrected chi connectivity index (χ4v) is 3.06. The number of methoxy groups -OCH3 is 1. The van der Waals surface area contributed by atoms with Gasteiger partial charge in [0, 0.05) is 4.88 Å². The summed E-state index contributed by atoms with van der Waals surface area (Å²) in [7, 11) is 1.57. The third kappa shape index (κ3) is 2.05. The lowest BCUT2D eigenvalue weighted by Crippen LogP contribution is -2.00. The van der Waals surface area contributed by atoms with E-state index in [1.165, 1.54) is 11.3 Å². The lowest BCUT2D eigenvalue weighted by Gasteiger charge is -2.13. The Kier molecular flexibility index (Phi) is 3.08. The van der Waals surface area contributed by atoms with Crippen LogP contribution in [0.25, 0.3) is 0 Å². The summed E-state index contributed by atoms with van der Waals surface area (Å²) in [5.74, 6) is 1.79. The van der Waals surface area contributed by atoms with Crippen molar-refractivity contribution in [1.82, 2.24) is 0 Å². The molecule has 19 heavy (non-hydrogen) atoms. The van der Waals surface area contributed by atoms with Crippen molar-refractivity contribution in [3.05, 3.63) is 39.6 Å². The van der Waals surface area contributed by atoms with Gasteiger partial charge in [-0.25, -0.2) is 0 Å². The Bertz CT molecular complexity index is 605. The predicted molar refractivity (Wildman–Crippen MR) is 72.2 cm³/mol. The molecule has 5 heteroatoms. The summed E-state index contributed by atoms with van der Waals surface area (Å²) in [5, 5.41) is 12.4. The molecule has 0 saturated heterocycles. The number of ether oxygens (including phenoxy) is 3. The highest BCUT2D eigenvalue weighted by atomic mass is 32.1. The second kappa shape index (κ2) is 4.75. The van der Waals surface area contributed by atoms with Crippen LogP contribution in [0.3, 0.4) is 0 Å². The lowest BCUT2D eigenvalue weighted by molar-refractivity contribution is 0.171. The Balaban J connectivity index is 2.04. The summed E-state index contributed by atoms with van der Waals surface area (Å²) >= 11 is 1.54. The minimum absolute atomic E-state index is 0.184. The van der Waals surface area contributed by atoms with E-state index in [4.69, 9.17) is 14.2 Å². The number of aliphatic hydroxyl groups excluding tert-OH is 1. The van der Waals surface area contributed by atoms with Gasteiger partial charge in [0.05, 0.1) is 7.11 Å². The van der Waals surface area contributed by atoms with E-state index in [-0.39, 0.29) is 6.79 Å². The van der Waals surface area contributed by atoms with Crippen LogP contribution < -0.4 is 14.2 Å². The van der Waals surface area contributed by atoms with E-state index < -0.39 is 6.10 Å². The first kappa shape index (κ1) is 12.3. The number of hydrogen-bond donors (Lipinski definition) is 1. The first-order valence-electron chi connectivity index (χ1n) is 5.90. The largest absolute Gasteiger partial charge is 0.493 e. The maximum Gasteiger partial charge on any atom is 0.231 e. The van der Waals surface area contributed by atoms with Crippen molar-refractivity contribution in [3.8, 4) is 17.2 Å². The molecule has 0 radical (unpaired) electrons. The van der Waals surface area contributed by atoms with Crippen molar-refractivity contribution in [1.29, 1.82) is 0 Å². The molecule has 1 atom stereocenters. The van der Waals surface area contributed by atoms with Crippen LogP contribution in [-0.2, 0) is 0 Å². The van der Waals surface area contributed by atoms with Crippen LogP contribution in [-0.4, -0.2) is 19.0 Å². The lowest BCUT2D eigenvalue weighted by atomic mass is 10.0. The van der Waals surface area contributed by atoms with E-state index in [1.54, 1.807) is 19.2 Å². The van der Waals surface area contributed by atoms with E-state index in [0.717, 1.165) is 16.0 Å². The molecule has 0 bridgehead atoms. The smallest absolute Gasteiger partial charge is 0.231 e. The summed E-state index contributed by atoms with van der Waals surface area (Å²) < 4.78 is 16.0. The summed E-state index contributed by atoms with van der Waals surface area (Å²) in [6, 6.07) is 5.58. The van der Waals surface area contributed by atoms with Gasteiger partial charge < -0.3 is 19.3 Å². The zero-order chi connectivity index (χ0) is 13.4. The molecule has 2 aromatic rings. The minimum atomic E-state index is -0.677. The first-order valence-corrected chi connectivity index (χ1v) is 6.78. The second-order valence-electron chi connectivity index (χ2n) is 4.33. The maximum atomic E-state index is 10.5. The average Bonchev–Trinajstić information content (AvgIpc) is 3.04. The molecule has 1 aromatic carbocycles. The van der Waals surface area contributed by atoms with Gasteiger partial charge in [-0.15, -0.1) is 11.3 Å². The number of aryl methyl sites for hydroxylation is 1. The van der Waals surface area contributed by atoms with Crippen molar-refractivity contribution in [2.24, 2.45) is 0 Å². The van der Waals surface area contributed by atoms with Gasteiger partial charge in [0.25, 0.3) is 0 Å². The molecular formula is C14H14O4S. The Morgan fingerprint density at radius 1 is 1.37 bits per heavy atom. The van der Waals surface area contributed by atoms with Crippen molar-refractivity contribution in [2.45, 2.75) is 13.0 Å². The van der Waals surface area contributed by atoms with E-state index in [0.29, 0.717) is 17.2 Å². The van der Waals surface area contributed by atoms with Crippen LogP contribution in [0.1, 0.15) is 22.1 Å².